The zero-order valence-electron chi connectivity index (χ0n) is 16.0. The van der Waals surface area contributed by atoms with Crippen LogP contribution in [0.5, 0.6) is 0 Å². The molecule has 1 aliphatic heterocycles. The Morgan fingerprint density at radius 2 is 2.00 bits per heavy atom. The van der Waals surface area contributed by atoms with E-state index in [0.29, 0.717) is 18.7 Å². The van der Waals surface area contributed by atoms with Gasteiger partial charge in [-0.3, -0.25) is 4.90 Å². The van der Waals surface area contributed by atoms with Crippen molar-refractivity contribution in [3.8, 4) is 6.07 Å². The number of ether oxygens (including phenoxy) is 1. The Kier molecular flexibility index (Phi) is 5.36. The van der Waals surface area contributed by atoms with Gasteiger partial charge in [0.1, 0.15) is 5.60 Å². The lowest BCUT2D eigenvalue weighted by Crippen LogP contribution is -2.45. The minimum absolute atomic E-state index is 0.0554. The number of carbonyl (C=O) groups is 1. The molecule has 0 bridgehead atoms. The summed E-state index contributed by atoms with van der Waals surface area (Å²) in [6.45, 7) is 6.63. The van der Waals surface area contributed by atoms with E-state index in [4.69, 9.17) is 4.74 Å². The number of rotatable bonds is 2. The number of amides is 1. The molecule has 1 aliphatic rings. The zero-order valence-corrected chi connectivity index (χ0v) is 16.0. The van der Waals surface area contributed by atoms with Crippen molar-refractivity contribution in [1.29, 1.82) is 5.26 Å². The molecule has 2 aromatic carbocycles. The first-order valence-electron chi connectivity index (χ1n) is 9.16. The summed E-state index contributed by atoms with van der Waals surface area (Å²) in [7, 11) is 0. The molecular weight excluding hydrogens is 338 g/mol. The third-order valence-corrected chi connectivity index (χ3v) is 4.49. The molecule has 5 heteroatoms. The molecule has 3 rings (SSSR count). The van der Waals surface area contributed by atoms with Gasteiger partial charge in [0, 0.05) is 12.2 Å². The van der Waals surface area contributed by atoms with Gasteiger partial charge in [0.25, 0.3) is 0 Å². The van der Waals surface area contributed by atoms with Crippen LogP contribution in [0.15, 0.2) is 48.5 Å². The van der Waals surface area contributed by atoms with Gasteiger partial charge in [-0.05, 0) is 56.5 Å². The van der Waals surface area contributed by atoms with Gasteiger partial charge in [0.15, 0.2) is 0 Å². The summed E-state index contributed by atoms with van der Waals surface area (Å²) in [5.74, 6) is 0. The summed E-state index contributed by atoms with van der Waals surface area (Å²) in [4.78, 5) is 14.7. The molecule has 0 aromatic heterocycles. The minimum Gasteiger partial charge on any atom is -0.444 e. The third-order valence-electron chi connectivity index (χ3n) is 4.49. The van der Waals surface area contributed by atoms with Crippen molar-refractivity contribution in [2.75, 3.05) is 11.9 Å². The summed E-state index contributed by atoms with van der Waals surface area (Å²) in [5.41, 5.74) is 3.07. The van der Waals surface area contributed by atoms with E-state index in [-0.39, 0.29) is 12.1 Å². The molecule has 0 radical (unpaired) electrons. The standard InChI is InChI=1S/C22H25N3O2/c1-22(2,3)27-21(26)25-15-18-11-17(13-23)9-10-20(18)24-14-19(25)12-16-7-5-4-6-8-16/h4-11,19,24H,12,14-15H2,1-3H3. The largest absolute Gasteiger partial charge is 0.444 e. The summed E-state index contributed by atoms with van der Waals surface area (Å²) in [5, 5.41) is 12.6. The van der Waals surface area contributed by atoms with Crippen molar-refractivity contribution in [3.05, 3.63) is 65.2 Å². The van der Waals surface area contributed by atoms with E-state index < -0.39 is 5.60 Å². The monoisotopic (exact) mass is 363 g/mol. The van der Waals surface area contributed by atoms with Gasteiger partial charge in [-0.1, -0.05) is 30.3 Å². The minimum atomic E-state index is -0.564. The molecule has 140 valence electrons. The Balaban J connectivity index is 1.91. The number of carbonyl (C=O) groups excluding carboxylic acids is 1. The van der Waals surface area contributed by atoms with Crippen LogP contribution >= 0.6 is 0 Å². The first-order chi connectivity index (χ1) is 12.9. The van der Waals surface area contributed by atoms with Crippen LogP contribution < -0.4 is 5.32 Å². The number of benzene rings is 2. The molecule has 27 heavy (non-hydrogen) atoms. The summed E-state index contributed by atoms with van der Waals surface area (Å²) in [6.07, 6.45) is 0.395. The topological polar surface area (TPSA) is 65.4 Å². The molecule has 1 heterocycles. The van der Waals surface area contributed by atoms with E-state index in [1.807, 2.05) is 51.1 Å². The number of nitriles is 1. The normalized spacial score (nSPS) is 16.5. The summed E-state index contributed by atoms with van der Waals surface area (Å²) < 4.78 is 5.67. The summed E-state index contributed by atoms with van der Waals surface area (Å²) >= 11 is 0. The second kappa shape index (κ2) is 7.71. The van der Waals surface area contributed by atoms with Crippen molar-refractivity contribution in [1.82, 2.24) is 4.90 Å². The van der Waals surface area contributed by atoms with Crippen LogP contribution in [0.1, 0.15) is 37.5 Å². The van der Waals surface area contributed by atoms with E-state index in [0.717, 1.165) is 17.7 Å². The SMILES string of the molecule is CC(C)(C)OC(=O)N1Cc2cc(C#N)ccc2NCC1Cc1ccccc1. The number of hydrogen-bond acceptors (Lipinski definition) is 4. The van der Waals surface area contributed by atoms with Crippen LogP contribution in [-0.2, 0) is 17.7 Å². The molecule has 1 unspecified atom stereocenters. The number of nitrogens with zero attached hydrogens (tertiary/aromatic N) is 2. The van der Waals surface area contributed by atoms with Crippen LogP contribution in [0, 0.1) is 11.3 Å². The molecule has 1 N–H and O–H groups in total. The number of nitrogens with one attached hydrogen (secondary N) is 1. The first-order valence-corrected chi connectivity index (χ1v) is 9.16. The van der Waals surface area contributed by atoms with Crippen molar-refractivity contribution < 1.29 is 9.53 Å². The predicted molar refractivity (Wildman–Crippen MR) is 105 cm³/mol. The summed E-state index contributed by atoms with van der Waals surface area (Å²) in [6, 6.07) is 17.8. The highest BCUT2D eigenvalue weighted by Crippen LogP contribution is 2.26. The van der Waals surface area contributed by atoms with E-state index in [1.165, 1.54) is 5.56 Å². The highest BCUT2D eigenvalue weighted by Gasteiger charge is 2.31. The lowest BCUT2D eigenvalue weighted by Gasteiger charge is -2.32. The maximum absolute atomic E-state index is 12.9. The van der Waals surface area contributed by atoms with E-state index in [1.54, 1.807) is 11.0 Å². The highest BCUT2D eigenvalue weighted by atomic mass is 16.6. The quantitative estimate of drug-likeness (QED) is 0.862. The van der Waals surface area contributed by atoms with Gasteiger partial charge < -0.3 is 10.1 Å². The molecule has 1 amide bonds. The van der Waals surface area contributed by atoms with Crippen LogP contribution in [-0.4, -0.2) is 29.2 Å². The molecule has 0 fully saturated rings. The van der Waals surface area contributed by atoms with Crippen molar-refractivity contribution in [2.45, 2.75) is 45.4 Å². The predicted octanol–water partition coefficient (Wildman–Crippen LogP) is 4.33. The zero-order chi connectivity index (χ0) is 19.4. The second-order valence-electron chi connectivity index (χ2n) is 7.82. The Bertz CT molecular complexity index is 850. The Morgan fingerprint density at radius 1 is 1.26 bits per heavy atom. The maximum Gasteiger partial charge on any atom is 0.410 e. The molecular formula is C22H25N3O2. The molecule has 5 nitrogen and oxygen atoms in total. The number of hydrogen-bond donors (Lipinski definition) is 1. The van der Waals surface area contributed by atoms with Crippen LogP contribution in [0.25, 0.3) is 0 Å². The second-order valence-corrected chi connectivity index (χ2v) is 7.82. The van der Waals surface area contributed by atoms with Gasteiger partial charge in [-0.15, -0.1) is 0 Å². The Hall–Kier alpha value is -3.00. The Morgan fingerprint density at radius 3 is 2.67 bits per heavy atom. The lowest BCUT2D eigenvalue weighted by atomic mass is 10.0. The van der Waals surface area contributed by atoms with E-state index >= 15 is 0 Å². The fraction of sp³-hybridized carbons (Fsp3) is 0.364. The third kappa shape index (κ3) is 4.79. The molecule has 2 aromatic rings. The average molecular weight is 363 g/mol. The molecule has 0 saturated heterocycles. The highest BCUT2D eigenvalue weighted by molar-refractivity contribution is 5.70. The van der Waals surface area contributed by atoms with Gasteiger partial charge >= 0.3 is 6.09 Å². The van der Waals surface area contributed by atoms with Gasteiger partial charge in [0.05, 0.1) is 24.2 Å². The fourth-order valence-electron chi connectivity index (χ4n) is 3.22. The van der Waals surface area contributed by atoms with Crippen molar-refractivity contribution in [2.24, 2.45) is 0 Å². The van der Waals surface area contributed by atoms with Crippen LogP contribution in [0.3, 0.4) is 0 Å². The number of fused-ring (bicyclic) bond motifs is 1. The van der Waals surface area contributed by atoms with Gasteiger partial charge in [-0.25, -0.2) is 4.79 Å². The first kappa shape index (κ1) is 18.8. The maximum atomic E-state index is 12.9. The molecule has 0 aliphatic carbocycles. The number of anilines is 1. The lowest BCUT2D eigenvalue weighted by molar-refractivity contribution is 0.0156. The smallest absolute Gasteiger partial charge is 0.410 e. The molecule has 0 saturated carbocycles. The van der Waals surface area contributed by atoms with Gasteiger partial charge in [0.2, 0.25) is 0 Å². The molecule has 1 atom stereocenters. The van der Waals surface area contributed by atoms with E-state index in [2.05, 4.69) is 23.5 Å². The van der Waals surface area contributed by atoms with Crippen LogP contribution in [0.2, 0.25) is 0 Å². The van der Waals surface area contributed by atoms with Crippen LogP contribution in [0.4, 0.5) is 10.5 Å². The average Bonchev–Trinajstić information content (AvgIpc) is 2.80. The Labute approximate surface area is 160 Å². The fourth-order valence-corrected chi connectivity index (χ4v) is 3.22. The molecule has 0 spiro atoms. The van der Waals surface area contributed by atoms with Gasteiger partial charge in [-0.2, -0.15) is 5.26 Å². The van der Waals surface area contributed by atoms with E-state index in [9.17, 15) is 10.1 Å². The van der Waals surface area contributed by atoms with Crippen molar-refractivity contribution in [3.63, 3.8) is 0 Å². The van der Waals surface area contributed by atoms with Crippen molar-refractivity contribution >= 4 is 11.8 Å².